The van der Waals surface area contributed by atoms with Crippen LogP contribution in [-0.2, 0) is 16.6 Å². The van der Waals surface area contributed by atoms with Crippen molar-refractivity contribution in [3.05, 3.63) is 51.9 Å². The average molecular weight is 458 g/mol. The summed E-state index contributed by atoms with van der Waals surface area (Å²) in [5.41, 5.74) is 0.502. The molecule has 0 saturated heterocycles. The van der Waals surface area contributed by atoms with Crippen LogP contribution in [0.4, 0.5) is 0 Å². The number of unbranched alkanes of at least 4 members (excludes halogenated alkanes) is 3. The van der Waals surface area contributed by atoms with Gasteiger partial charge in [0, 0.05) is 28.6 Å². The Bertz CT molecular complexity index is 867. The average Bonchev–Trinajstić information content (AvgIpc) is 3.19. The van der Waals surface area contributed by atoms with Gasteiger partial charge in [0.2, 0.25) is 10.0 Å². The maximum Gasteiger partial charge on any atom is 0.251 e. The number of halogens is 1. The lowest BCUT2D eigenvalue weighted by atomic mass is 10.2. The highest BCUT2D eigenvalue weighted by molar-refractivity contribution is 7.91. The van der Waals surface area contributed by atoms with E-state index in [-0.39, 0.29) is 16.7 Å². The van der Waals surface area contributed by atoms with E-state index in [4.69, 9.17) is 11.6 Å². The van der Waals surface area contributed by atoms with Gasteiger partial charge in [0.25, 0.3) is 5.91 Å². The van der Waals surface area contributed by atoms with Crippen LogP contribution >= 0.6 is 22.9 Å². The van der Waals surface area contributed by atoms with Crippen molar-refractivity contribution >= 4 is 38.9 Å². The van der Waals surface area contributed by atoms with Gasteiger partial charge in [0.1, 0.15) is 4.21 Å². The molecule has 29 heavy (non-hydrogen) atoms. The van der Waals surface area contributed by atoms with Gasteiger partial charge < -0.3 is 10.6 Å². The van der Waals surface area contributed by atoms with Crippen LogP contribution in [0.1, 0.15) is 47.8 Å². The van der Waals surface area contributed by atoms with Gasteiger partial charge in [-0.3, -0.25) is 4.79 Å². The molecule has 0 aliphatic carbocycles. The van der Waals surface area contributed by atoms with Crippen molar-refractivity contribution in [2.45, 2.75) is 43.4 Å². The standard InChI is InChI=1S/C20H28ClN3O3S2/c1-2-3-4-5-12-22-13-14-24-29(26,27)19-11-10-18(28-19)15-23-20(25)16-6-8-17(21)9-7-16/h6-11,22,24H,2-5,12-15H2,1H3,(H,23,25). The molecule has 3 N–H and O–H groups in total. The van der Waals surface area contributed by atoms with E-state index in [1.54, 1.807) is 36.4 Å². The fraction of sp³-hybridized carbons (Fsp3) is 0.450. The largest absolute Gasteiger partial charge is 0.347 e. The van der Waals surface area contributed by atoms with E-state index < -0.39 is 10.0 Å². The number of thiophene rings is 1. The van der Waals surface area contributed by atoms with Crippen molar-refractivity contribution < 1.29 is 13.2 Å². The number of amides is 1. The van der Waals surface area contributed by atoms with E-state index >= 15 is 0 Å². The summed E-state index contributed by atoms with van der Waals surface area (Å²) in [6.45, 7) is 4.28. The van der Waals surface area contributed by atoms with Crippen molar-refractivity contribution in [2.24, 2.45) is 0 Å². The predicted molar refractivity (Wildman–Crippen MR) is 119 cm³/mol. The number of rotatable bonds is 13. The van der Waals surface area contributed by atoms with Crippen molar-refractivity contribution in [3.8, 4) is 0 Å². The van der Waals surface area contributed by atoms with Gasteiger partial charge in [0.15, 0.2) is 0 Å². The molecule has 9 heteroatoms. The van der Waals surface area contributed by atoms with Gasteiger partial charge in [-0.25, -0.2) is 13.1 Å². The third kappa shape index (κ3) is 8.44. The molecule has 2 rings (SSSR count). The smallest absolute Gasteiger partial charge is 0.251 e. The highest BCUT2D eigenvalue weighted by Crippen LogP contribution is 2.21. The topological polar surface area (TPSA) is 87.3 Å². The van der Waals surface area contributed by atoms with Crippen LogP contribution in [0.15, 0.2) is 40.6 Å². The second-order valence-corrected chi connectivity index (χ2v) is 10.2. The second-order valence-electron chi connectivity index (χ2n) is 6.62. The van der Waals surface area contributed by atoms with Crippen LogP contribution in [0.5, 0.6) is 0 Å². The van der Waals surface area contributed by atoms with E-state index in [0.29, 0.717) is 23.7 Å². The first-order valence-corrected chi connectivity index (χ1v) is 12.4. The zero-order chi connectivity index (χ0) is 21.1. The number of carbonyl (C=O) groups excluding carboxylic acids is 1. The molecule has 0 aliphatic rings. The summed E-state index contributed by atoms with van der Waals surface area (Å²) in [4.78, 5) is 12.9. The van der Waals surface area contributed by atoms with Gasteiger partial charge in [-0.05, 0) is 49.4 Å². The van der Waals surface area contributed by atoms with E-state index in [1.807, 2.05) is 0 Å². The molecular formula is C20H28ClN3O3S2. The molecule has 1 heterocycles. The quantitative estimate of drug-likeness (QED) is 0.399. The number of benzene rings is 1. The summed E-state index contributed by atoms with van der Waals surface area (Å²) >= 11 is 6.97. The summed E-state index contributed by atoms with van der Waals surface area (Å²) in [6.07, 6.45) is 4.74. The molecule has 0 atom stereocenters. The Labute approximate surface area is 182 Å². The minimum absolute atomic E-state index is 0.234. The predicted octanol–water partition coefficient (Wildman–Crippen LogP) is 3.78. The van der Waals surface area contributed by atoms with Crippen molar-refractivity contribution in [3.63, 3.8) is 0 Å². The number of carbonyl (C=O) groups is 1. The maximum atomic E-state index is 12.4. The molecule has 1 aromatic heterocycles. The Morgan fingerprint density at radius 2 is 1.76 bits per heavy atom. The Balaban J connectivity index is 1.74. The molecule has 2 aromatic rings. The molecule has 1 amide bonds. The van der Waals surface area contributed by atoms with Crippen LogP contribution in [0.3, 0.4) is 0 Å². The molecule has 0 saturated carbocycles. The fourth-order valence-corrected chi connectivity index (χ4v) is 5.11. The van der Waals surface area contributed by atoms with E-state index in [2.05, 4.69) is 22.3 Å². The number of hydrogen-bond acceptors (Lipinski definition) is 5. The highest BCUT2D eigenvalue weighted by atomic mass is 35.5. The second kappa shape index (κ2) is 12.3. The number of nitrogens with one attached hydrogen (secondary N) is 3. The van der Waals surface area contributed by atoms with Crippen LogP contribution in [0.2, 0.25) is 5.02 Å². The Morgan fingerprint density at radius 1 is 1.00 bits per heavy atom. The summed E-state index contributed by atoms with van der Waals surface area (Å²) in [5, 5.41) is 6.59. The fourth-order valence-electron chi connectivity index (χ4n) is 2.62. The van der Waals surface area contributed by atoms with E-state index in [1.165, 1.54) is 19.3 Å². The van der Waals surface area contributed by atoms with Crippen LogP contribution in [0.25, 0.3) is 0 Å². The molecular weight excluding hydrogens is 430 g/mol. The molecule has 0 radical (unpaired) electrons. The number of sulfonamides is 1. The zero-order valence-corrected chi connectivity index (χ0v) is 18.9. The molecule has 1 aromatic carbocycles. The van der Waals surface area contributed by atoms with E-state index in [0.717, 1.165) is 29.2 Å². The summed E-state index contributed by atoms with van der Waals surface area (Å²) in [7, 11) is -3.54. The molecule has 160 valence electrons. The summed E-state index contributed by atoms with van der Waals surface area (Å²) < 4.78 is 27.6. The molecule has 0 unspecified atom stereocenters. The lowest BCUT2D eigenvalue weighted by molar-refractivity contribution is 0.0951. The summed E-state index contributed by atoms with van der Waals surface area (Å²) in [6, 6.07) is 9.87. The first kappa shape index (κ1) is 23.8. The zero-order valence-electron chi connectivity index (χ0n) is 16.5. The maximum absolute atomic E-state index is 12.4. The van der Waals surface area contributed by atoms with Gasteiger partial charge in [-0.2, -0.15) is 0 Å². The van der Waals surface area contributed by atoms with Gasteiger partial charge in [-0.1, -0.05) is 37.8 Å². The molecule has 0 bridgehead atoms. The minimum Gasteiger partial charge on any atom is -0.347 e. The Kier molecular flexibility index (Phi) is 10.1. The molecule has 0 fully saturated rings. The van der Waals surface area contributed by atoms with Crippen molar-refractivity contribution in [1.82, 2.24) is 15.4 Å². The van der Waals surface area contributed by atoms with Crippen LogP contribution in [0, 0.1) is 0 Å². The van der Waals surface area contributed by atoms with Crippen molar-refractivity contribution in [1.29, 1.82) is 0 Å². The monoisotopic (exact) mass is 457 g/mol. The lowest BCUT2D eigenvalue weighted by Crippen LogP contribution is -2.31. The van der Waals surface area contributed by atoms with E-state index in [9.17, 15) is 13.2 Å². The molecule has 0 spiro atoms. The first-order valence-electron chi connectivity index (χ1n) is 9.75. The lowest BCUT2D eigenvalue weighted by Gasteiger charge is -2.06. The Morgan fingerprint density at radius 3 is 2.48 bits per heavy atom. The van der Waals surface area contributed by atoms with Gasteiger partial charge in [0.05, 0.1) is 6.54 Å². The number of hydrogen-bond donors (Lipinski definition) is 3. The molecule has 6 nitrogen and oxygen atoms in total. The van der Waals surface area contributed by atoms with Gasteiger partial charge >= 0.3 is 0 Å². The normalized spacial score (nSPS) is 11.5. The van der Waals surface area contributed by atoms with Crippen LogP contribution in [-0.4, -0.2) is 34.0 Å². The Hall–Kier alpha value is -1.45. The summed E-state index contributed by atoms with van der Waals surface area (Å²) in [5.74, 6) is -0.234. The molecule has 0 aliphatic heterocycles. The third-order valence-electron chi connectivity index (χ3n) is 4.23. The highest BCUT2D eigenvalue weighted by Gasteiger charge is 2.16. The third-order valence-corrected chi connectivity index (χ3v) is 7.52. The SMILES string of the molecule is CCCCCCNCCNS(=O)(=O)c1ccc(CNC(=O)c2ccc(Cl)cc2)s1. The van der Waals surface area contributed by atoms with Crippen molar-refractivity contribution in [2.75, 3.05) is 19.6 Å². The van der Waals surface area contributed by atoms with Crippen LogP contribution < -0.4 is 15.4 Å². The van der Waals surface area contributed by atoms with Gasteiger partial charge in [-0.15, -0.1) is 11.3 Å². The first-order chi connectivity index (χ1) is 13.9. The minimum atomic E-state index is -3.54.